The van der Waals surface area contributed by atoms with Crippen LogP contribution >= 0.6 is 11.3 Å². The molecule has 4 heteroatoms. The number of thiazole rings is 1. The molecule has 0 fully saturated rings. The lowest BCUT2D eigenvalue weighted by atomic mass is 9.90. The second-order valence-corrected chi connectivity index (χ2v) is 6.55. The first-order valence-electron chi connectivity index (χ1n) is 6.07. The largest absolute Gasteiger partial charge is 0.385 e. The van der Waals surface area contributed by atoms with E-state index in [1.54, 1.807) is 18.4 Å². The van der Waals surface area contributed by atoms with Gasteiger partial charge in [-0.2, -0.15) is 0 Å². The number of methoxy groups -OCH3 is 1. The minimum Gasteiger partial charge on any atom is -0.385 e. The molecule has 0 unspecified atom stereocenters. The minimum absolute atomic E-state index is 0.275. The Kier molecular flexibility index (Phi) is 5.56. The quantitative estimate of drug-likeness (QED) is 0.814. The number of aromatic nitrogens is 1. The molecule has 17 heavy (non-hydrogen) atoms. The fraction of sp³-hybridized carbons (Fsp3) is 0.769. The molecule has 0 radical (unpaired) electrons. The number of aryl methyl sites for hydroxylation is 2. The summed E-state index contributed by atoms with van der Waals surface area (Å²) < 4.78 is 5.12. The average molecular weight is 256 g/mol. The van der Waals surface area contributed by atoms with Crippen molar-refractivity contribution in [1.29, 1.82) is 0 Å². The summed E-state index contributed by atoms with van der Waals surface area (Å²) >= 11 is 1.78. The Balaban J connectivity index is 2.31. The summed E-state index contributed by atoms with van der Waals surface area (Å²) in [5, 5.41) is 4.67. The van der Waals surface area contributed by atoms with Gasteiger partial charge in [0.2, 0.25) is 0 Å². The van der Waals surface area contributed by atoms with E-state index in [9.17, 15) is 0 Å². The zero-order chi connectivity index (χ0) is 12.9. The van der Waals surface area contributed by atoms with Crippen LogP contribution in [-0.4, -0.2) is 25.2 Å². The Bertz CT molecular complexity index is 328. The van der Waals surface area contributed by atoms with E-state index in [0.29, 0.717) is 0 Å². The van der Waals surface area contributed by atoms with Gasteiger partial charge in [0, 0.05) is 31.7 Å². The molecule has 98 valence electrons. The number of hydrogen-bond donors (Lipinski definition) is 1. The van der Waals surface area contributed by atoms with Crippen molar-refractivity contribution in [2.24, 2.45) is 5.41 Å². The van der Waals surface area contributed by atoms with Gasteiger partial charge in [0.15, 0.2) is 0 Å². The van der Waals surface area contributed by atoms with Gasteiger partial charge in [0.05, 0.1) is 5.69 Å². The summed E-state index contributed by atoms with van der Waals surface area (Å²) in [7, 11) is 1.75. The smallest absolute Gasteiger partial charge is 0.107 e. The van der Waals surface area contributed by atoms with E-state index < -0.39 is 0 Å². The summed E-state index contributed by atoms with van der Waals surface area (Å²) in [5.74, 6) is 0. The van der Waals surface area contributed by atoms with Crippen LogP contribution in [0.4, 0.5) is 0 Å². The van der Waals surface area contributed by atoms with Crippen LogP contribution in [0.5, 0.6) is 0 Å². The highest BCUT2D eigenvalue weighted by Crippen LogP contribution is 2.20. The summed E-state index contributed by atoms with van der Waals surface area (Å²) in [4.78, 5) is 5.84. The highest BCUT2D eigenvalue weighted by Gasteiger charge is 2.17. The molecule has 0 aliphatic rings. The molecule has 0 saturated carbocycles. The van der Waals surface area contributed by atoms with Crippen molar-refractivity contribution in [3.05, 3.63) is 15.6 Å². The number of nitrogens with zero attached hydrogens (tertiary/aromatic N) is 1. The van der Waals surface area contributed by atoms with Gasteiger partial charge in [-0.05, 0) is 25.7 Å². The number of rotatable bonds is 7. The van der Waals surface area contributed by atoms with Gasteiger partial charge < -0.3 is 10.1 Å². The van der Waals surface area contributed by atoms with Gasteiger partial charge in [-0.25, -0.2) is 4.98 Å². The van der Waals surface area contributed by atoms with Crippen LogP contribution in [0.25, 0.3) is 0 Å². The summed E-state index contributed by atoms with van der Waals surface area (Å²) in [6.07, 6.45) is 1.08. The number of nitrogens with one attached hydrogen (secondary N) is 1. The SMILES string of the molecule is COCCC(C)(C)CNCc1nc(C)c(C)s1. The van der Waals surface area contributed by atoms with E-state index in [1.807, 2.05) is 0 Å². The van der Waals surface area contributed by atoms with Crippen molar-refractivity contribution in [3.8, 4) is 0 Å². The molecule has 1 rings (SSSR count). The molecule has 0 amide bonds. The lowest BCUT2D eigenvalue weighted by Crippen LogP contribution is -2.30. The summed E-state index contributed by atoms with van der Waals surface area (Å²) in [6, 6.07) is 0. The van der Waals surface area contributed by atoms with Crippen molar-refractivity contribution >= 4 is 11.3 Å². The molecular formula is C13H24N2OS. The van der Waals surface area contributed by atoms with Gasteiger partial charge in [-0.3, -0.25) is 0 Å². The molecule has 1 aromatic heterocycles. The third-order valence-electron chi connectivity index (χ3n) is 2.94. The molecule has 0 aliphatic heterocycles. The lowest BCUT2D eigenvalue weighted by molar-refractivity contribution is 0.150. The molecule has 1 aromatic rings. The van der Waals surface area contributed by atoms with Crippen molar-refractivity contribution in [3.63, 3.8) is 0 Å². The Hall–Kier alpha value is -0.450. The molecule has 0 bridgehead atoms. The predicted molar refractivity (Wildman–Crippen MR) is 73.6 cm³/mol. The van der Waals surface area contributed by atoms with Crippen LogP contribution in [-0.2, 0) is 11.3 Å². The van der Waals surface area contributed by atoms with Gasteiger partial charge >= 0.3 is 0 Å². The van der Waals surface area contributed by atoms with Crippen LogP contribution in [0, 0.1) is 19.3 Å². The average Bonchev–Trinajstić information content (AvgIpc) is 2.55. The predicted octanol–water partition coefficient (Wildman–Crippen LogP) is 2.91. The van der Waals surface area contributed by atoms with E-state index in [1.165, 1.54) is 9.88 Å². The molecule has 0 aliphatic carbocycles. The Morgan fingerprint density at radius 3 is 2.59 bits per heavy atom. The molecule has 1 heterocycles. The topological polar surface area (TPSA) is 34.1 Å². The van der Waals surface area contributed by atoms with E-state index in [4.69, 9.17) is 4.74 Å². The molecule has 3 nitrogen and oxygen atoms in total. The first-order valence-corrected chi connectivity index (χ1v) is 6.89. The fourth-order valence-electron chi connectivity index (χ4n) is 1.59. The summed E-state index contributed by atoms with van der Waals surface area (Å²) in [6.45, 7) is 11.4. The third-order valence-corrected chi connectivity index (χ3v) is 4.01. The Labute approximate surface area is 109 Å². The maximum Gasteiger partial charge on any atom is 0.107 e. The highest BCUT2D eigenvalue weighted by molar-refractivity contribution is 7.11. The van der Waals surface area contributed by atoms with Crippen molar-refractivity contribution < 1.29 is 4.74 Å². The molecule has 0 atom stereocenters. The first-order chi connectivity index (χ1) is 7.94. The zero-order valence-corrected chi connectivity index (χ0v) is 12.4. The fourth-order valence-corrected chi connectivity index (χ4v) is 2.49. The van der Waals surface area contributed by atoms with Crippen LogP contribution in [0.3, 0.4) is 0 Å². The van der Waals surface area contributed by atoms with Crippen LogP contribution in [0.2, 0.25) is 0 Å². The van der Waals surface area contributed by atoms with Gasteiger partial charge in [0.25, 0.3) is 0 Å². The van der Waals surface area contributed by atoms with Crippen molar-refractivity contribution in [2.45, 2.75) is 40.7 Å². The molecule has 0 spiro atoms. The maximum atomic E-state index is 5.12. The number of ether oxygens (including phenoxy) is 1. The van der Waals surface area contributed by atoms with Crippen LogP contribution < -0.4 is 5.32 Å². The lowest BCUT2D eigenvalue weighted by Gasteiger charge is -2.24. The molecule has 0 aromatic carbocycles. The standard InChI is InChI=1S/C13H24N2OS/c1-10-11(2)17-12(15-10)8-14-9-13(3,4)6-7-16-5/h14H,6-9H2,1-5H3. The van der Waals surface area contributed by atoms with E-state index in [2.05, 4.69) is 38.0 Å². The zero-order valence-electron chi connectivity index (χ0n) is 11.6. The van der Waals surface area contributed by atoms with Gasteiger partial charge in [-0.1, -0.05) is 13.8 Å². The monoisotopic (exact) mass is 256 g/mol. The van der Waals surface area contributed by atoms with Crippen molar-refractivity contribution in [1.82, 2.24) is 10.3 Å². The van der Waals surface area contributed by atoms with E-state index in [-0.39, 0.29) is 5.41 Å². The van der Waals surface area contributed by atoms with Crippen LogP contribution in [0.15, 0.2) is 0 Å². The van der Waals surface area contributed by atoms with E-state index in [0.717, 1.165) is 31.8 Å². The Morgan fingerprint density at radius 2 is 2.06 bits per heavy atom. The molecular weight excluding hydrogens is 232 g/mol. The van der Waals surface area contributed by atoms with Crippen LogP contribution in [0.1, 0.15) is 35.8 Å². The Morgan fingerprint density at radius 1 is 1.35 bits per heavy atom. The molecule has 1 N–H and O–H groups in total. The van der Waals surface area contributed by atoms with E-state index >= 15 is 0 Å². The van der Waals surface area contributed by atoms with Gasteiger partial charge in [-0.15, -0.1) is 11.3 Å². The second kappa shape index (κ2) is 6.47. The normalized spacial score (nSPS) is 12.1. The summed E-state index contributed by atoms with van der Waals surface area (Å²) in [5.41, 5.74) is 1.43. The first kappa shape index (κ1) is 14.6. The maximum absolute atomic E-state index is 5.12. The number of hydrogen-bond acceptors (Lipinski definition) is 4. The van der Waals surface area contributed by atoms with Crippen molar-refractivity contribution in [2.75, 3.05) is 20.3 Å². The third kappa shape index (κ3) is 5.15. The highest BCUT2D eigenvalue weighted by atomic mass is 32.1. The van der Waals surface area contributed by atoms with Gasteiger partial charge in [0.1, 0.15) is 5.01 Å². The minimum atomic E-state index is 0.275. The second-order valence-electron chi connectivity index (χ2n) is 5.26. The molecule has 0 saturated heterocycles.